The van der Waals surface area contributed by atoms with Gasteiger partial charge >= 0.3 is 0 Å². The lowest BCUT2D eigenvalue weighted by Gasteiger charge is -2.30. The fourth-order valence-electron chi connectivity index (χ4n) is 1.06. The number of piperidine rings is 1. The number of nitrogens with two attached hydrogens (primary N) is 1. The zero-order valence-corrected chi connectivity index (χ0v) is 5.76. The van der Waals surface area contributed by atoms with Crippen molar-refractivity contribution in [2.45, 2.75) is 18.4 Å². The molecule has 1 saturated heterocycles. The summed E-state index contributed by atoms with van der Waals surface area (Å²) in [6.07, 6.45) is 0.902. The molecule has 0 bridgehead atoms. The first-order valence-electron chi connectivity index (χ1n) is 3.33. The molecule has 1 rings (SSSR count). The minimum atomic E-state index is -0.664. The molecule has 1 atom stereocenters. The Morgan fingerprint density at radius 2 is 2.50 bits per heavy atom. The number of aliphatic hydroxyl groups is 1. The second-order valence-electron chi connectivity index (χ2n) is 2.80. The Labute approximate surface area is 59.4 Å². The van der Waals surface area contributed by atoms with Crippen LogP contribution in [0.25, 0.3) is 0 Å². The van der Waals surface area contributed by atoms with Crippen LogP contribution in [0.3, 0.4) is 0 Å². The zero-order chi connectivity index (χ0) is 7.61. The predicted octanol–water partition coefficient (Wildman–Crippen LogP) is -1.41. The van der Waals surface area contributed by atoms with Crippen molar-refractivity contribution in [1.29, 1.82) is 0 Å². The minimum Gasteiger partial charge on any atom is -0.394 e. The van der Waals surface area contributed by atoms with Crippen LogP contribution in [0.2, 0.25) is 0 Å². The number of hydrogen-bond donors (Lipinski definition) is 3. The maximum absolute atomic E-state index is 10.7. The molecule has 4 nitrogen and oxygen atoms in total. The Kier molecular flexibility index (Phi) is 1.92. The van der Waals surface area contributed by atoms with Crippen LogP contribution in [0, 0.1) is 0 Å². The molecular weight excluding hydrogens is 132 g/mol. The van der Waals surface area contributed by atoms with Crippen LogP contribution in [0.15, 0.2) is 0 Å². The van der Waals surface area contributed by atoms with E-state index in [4.69, 9.17) is 10.8 Å². The van der Waals surface area contributed by atoms with E-state index in [9.17, 15) is 4.79 Å². The first kappa shape index (κ1) is 7.50. The monoisotopic (exact) mass is 144 g/mol. The van der Waals surface area contributed by atoms with Gasteiger partial charge in [-0.15, -0.1) is 0 Å². The molecule has 1 unspecified atom stereocenters. The van der Waals surface area contributed by atoms with Crippen LogP contribution in [0.1, 0.15) is 12.8 Å². The molecule has 0 spiro atoms. The molecule has 0 aromatic rings. The van der Waals surface area contributed by atoms with Gasteiger partial charge in [0.05, 0.1) is 6.61 Å². The van der Waals surface area contributed by atoms with Gasteiger partial charge in [0.2, 0.25) is 5.91 Å². The van der Waals surface area contributed by atoms with Gasteiger partial charge in [0.15, 0.2) is 0 Å². The largest absolute Gasteiger partial charge is 0.394 e. The van der Waals surface area contributed by atoms with Crippen LogP contribution < -0.4 is 11.1 Å². The highest BCUT2D eigenvalue weighted by atomic mass is 16.3. The quantitative estimate of drug-likeness (QED) is 0.423. The molecule has 0 aromatic carbocycles. The van der Waals surface area contributed by atoms with Crippen molar-refractivity contribution in [3.05, 3.63) is 0 Å². The number of hydrogen-bond acceptors (Lipinski definition) is 3. The lowest BCUT2D eigenvalue weighted by Crippen LogP contribution is -2.53. The van der Waals surface area contributed by atoms with E-state index in [0.29, 0.717) is 13.0 Å². The van der Waals surface area contributed by atoms with Crippen LogP contribution in [-0.4, -0.2) is 29.7 Å². The molecule has 1 heterocycles. The maximum atomic E-state index is 10.7. The second kappa shape index (κ2) is 2.56. The first-order valence-corrected chi connectivity index (χ1v) is 3.33. The Morgan fingerprint density at radius 3 is 2.90 bits per heavy atom. The molecular formula is C6H12N2O2. The normalized spacial score (nSPS) is 33.6. The minimum absolute atomic E-state index is 0.0669. The van der Waals surface area contributed by atoms with Gasteiger partial charge in [-0.3, -0.25) is 4.79 Å². The number of aliphatic hydroxyl groups excluding tert-OH is 1. The van der Waals surface area contributed by atoms with Crippen molar-refractivity contribution in [2.75, 3.05) is 13.2 Å². The third kappa shape index (κ3) is 1.46. The summed E-state index contributed by atoms with van der Waals surface area (Å²) in [5, 5.41) is 11.4. The summed E-state index contributed by atoms with van der Waals surface area (Å²) in [4.78, 5) is 10.7. The Hall–Kier alpha value is -0.610. The molecule has 1 fully saturated rings. The van der Waals surface area contributed by atoms with Gasteiger partial charge in [-0.1, -0.05) is 0 Å². The molecule has 0 saturated carbocycles. The fourth-order valence-corrected chi connectivity index (χ4v) is 1.06. The van der Waals surface area contributed by atoms with Crippen LogP contribution >= 0.6 is 0 Å². The van der Waals surface area contributed by atoms with Crippen molar-refractivity contribution in [1.82, 2.24) is 5.32 Å². The average molecular weight is 144 g/mol. The van der Waals surface area contributed by atoms with E-state index in [2.05, 4.69) is 5.32 Å². The molecule has 10 heavy (non-hydrogen) atoms. The van der Waals surface area contributed by atoms with Gasteiger partial charge in [-0.05, 0) is 6.42 Å². The van der Waals surface area contributed by atoms with E-state index in [1.165, 1.54) is 0 Å². The van der Waals surface area contributed by atoms with Crippen LogP contribution in [0.5, 0.6) is 0 Å². The Bertz CT molecular complexity index is 149. The fraction of sp³-hybridized carbons (Fsp3) is 0.833. The van der Waals surface area contributed by atoms with E-state index >= 15 is 0 Å². The number of carbonyl (C=O) groups excluding carboxylic acids is 1. The molecule has 58 valence electrons. The smallest absolute Gasteiger partial charge is 0.221 e. The summed E-state index contributed by atoms with van der Waals surface area (Å²) in [5.74, 6) is -0.0669. The molecule has 0 aliphatic carbocycles. The molecule has 1 aliphatic rings. The summed E-state index contributed by atoms with van der Waals surface area (Å²) in [5.41, 5.74) is 4.97. The molecule has 0 aromatic heterocycles. The number of rotatable bonds is 1. The van der Waals surface area contributed by atoms with E-state index < -0.39 is 5.54 Å². The van der Waals surface area contributed by atoms with Gasteiger partial charge < -0.3 is 16.2 Å². The highest BCUT2D eigenvalue weighted by Crippen LogP contribution is 2.13. The van der Waals surface area contributed by atoms with Crippen molar-refractivity contribution in [3.8, 4) is 0 Å². The topological polar surface area (TPSA) is 75.3 Å². The van der Waals surface area contributed by atoms with Gasteiger partial charge in [0, 0.05) is 18.5 Å². The van der Waals surface area contributed by atoms with Crippen molar-refractivity contribution >= 4 is 5.91 Å². The summed E-state index contributed by atoms with van der Waals surface area (Å²) in [6, 6.07) is 0. The number of carbonyl (C=O) groups is 1. The van der Waals surface area contributed by atoms with Gasteiger partial charge in [0.1, 0.15) is 0 Å². The standard InChI is InChI=1S/C6H12N2O2/c7-6(4-9)1-2-8-5(10)3-6/h9H,1-4,7H2,(H,8,10). The highest BCUT2D eigenvalue weighted by molar-refractivity contribution is 5.78. The summed E-state index contributed by atoms with van der Waals surface area (Å²) in [7, 11) is 0. The lowest BCUT2D eigenvalue weighted by atomic mass is 9.90. The van der Waals surface area contributed by atoms with Gasteiger partial charge in [-0.25, -0.2) is 0 Å². The summed E-state index contributed by atoms with van der Waals surface area (Å²) in [6.45, 7) is 0.469. The van der Waals surface area contributed by atoms with Crippen LogP contribution in [0.4, 0.5) is 0 Å². The van der Waals surface area contributed by atoms with E-state index in [-0.39, 0.29) is 18.9 Å². The lowest BCUT2D eigenvalue weighted by molar-refractivity contribution is -0.124. The van der Waals surface area contributed by atoms with E-state index in [0.717, 1.165) is 0 Å². The Balaban J connectivity index is 2.53. The second-order valence-corrected chi connectivity index (χ2v) is 2.80. The van der Waals surface area contributed by atoms with Crippen molar-refractivity contribution in [2.24, 2.45) is 5.73 Å². The third-order valence-electron chi connectivity index (χ3n) is 1.77. The Morgan fingerprint density at radius 1 is 1.80 bits per heavy atom. The van der Waals surface area contributed by atoms with Gasteiger partial charge in [-0.2, -0.15) is 0 Å². The maximum Gasteiger partial charge on any atom is 0.221 e. The van der Waals surface area contributed by atoms with Crippen molar-refractivity contribution in [3.63, 3.8) is 0 Å². The van der Waals surface area contributed by atoms with Crippen molar-refractivity contribution < 1.29 is 9.90 Å². The summed E-state index contributed by atoms with van der Waals surface area (Å²) >= 11 is 0. The van der Waals surface area contributed by atoms with Crippen LogP contribution in [-0.2, 0) is 4.79 Å². The zero-order valence-electron chi connectivity index (χ0n) is 5.76. The number of nitrogens with one attached hydrogen (secondary N) is 1. The van der Waals surface area contributed by atoms with Gasteiger partial charge in [0.25, 0.3) is 0 Å². The molecule has 4 heteroatoms. The molecule has 1 amide bonds. The SMILES string of the molecule is NC1(CO)CCNC(=O)C1. The highest BCUT2D eigenvalue weighted by Gasteiger charge is 2.30. The van der Waals surface area contributed by atoms with E-state index in [1.54, 1.807) is 0 Å². The first-order chi connectivity index (χ1) is 4.66. The van der Waals surface area contributed by atoms with E-state index in [1.807, 2.05) is 0 Å². The number of amides is 1. The summed E-state index contributed by atoms with van der Waals surface area (Å²) < 4.78 is 0. The molecule has 4 N–H and O–H groups in total. The third-order valence-corrected chi connectivity index (χ3v) is 1.77. The predicted molar refractivity (Wildman–Crippen MR) is 36.2 cm³/mol. The molecule has 0 radical (unpaired) electrons. The molecule has 1 aliphatic heterocycles. The average Bonchev–Trinajstić information content (AvgIpc) is 1.88.